The molecule has 0 unspecified atom stereocenters. The number of thiazole rings is 1. The topological polar surface area (TPSA) is 120 Å². The zero-order valence-electron chi connectivity index (χ0n) is 21.7. The van der Waals surface area contributed by atoms with Crippen LogP contribution in [0.25, 0.3) is 21.1 Å². The Morgan fingerprint density at radius 2 is 1.82 bits per heavy atom. The van der Waals surface area contributed by atoms with Crippen LogP contribution in [0.15, 0.2) is 60.7 Å². The summed E-state index contributed by atoms with van der Waals surface area (Å²) in [6.45, 7) is 0.578. The van der Waals surface area contributed by atoms with Crippen LogP contribution in [0.3, 0.4) is 0 Å². The lowest BCUT2D eigenvalue weighted by molar-refractivity contribution is 0.100. The van der Waals surface area contributed by atoms with Crippen LogP contribution in [-0.2, 0) is 32.2 Å². The van der Waals surface area contributed by atoms with Gasteiger partial charge in [0, 0.05) is 52.6 Å². The minimum Gasteiger partial charge on any atom is -0.497 e. The molecule has 39 heavy (non-hydrogen) atoms. The number of ether oxygens (including phenoxy) is 1. The van der Waals surface area contributed by atoms with Gasteiger partial charge in [-0.25, -0.2) is 4.98 Å². The fourth-order valence-corrected chi connectivity index (χ4v) is 6.09. The molecule has 200 valence electrons. The number of amides is 1. The molecule has 5 rings (SSSR count). The first kappa shape index (κ1) is 26.7. The Morgan fingerprint density at radius 3 is 2.54 bits per heavy atom. The number of aryl methyl sites for hydroxylation is 4. The number of methoxy groups -OCH3 is 1. The van der Waals surface area contributed by atoms with E-state index < -0.39 is 5.91 Å². The predicted molar refractivity (Wildman–Crippen MR) is 159 cm³/mol. The van der Waals surface area contributed by atoms with Crippen LogP contribution in [0.4, 0.5) is 0 Å². The van der Waals surface area contributed by atoms with Crippen molar-refractivity contribution in [3.05, 3.63) is 93.1 Å². The van der Waals surface area contributed by atoms with E-state index in [1.807, 2.05) is 54.6 Å². The van der Waals surface area contributed by atoms with Crippen molar-refractivity contribution in [1.29, 1.82) is 5.41 Å². The molecule has 1 amide bonds. The van der Waals surface area contributed by atoms with Crippen LogP contribution in [-0.4, -0.2) is 28.4 Å². The molecule has 0 radical (unpaired) electrons. The highest BCUT2D eigenvalue weighted by Gasteiger charge is 2.19. The molecular formula is C30H30ClN5O2S. The lowest BCUT2D eigenvalue weighted by atomic mass is 9.99. The van der Waals surface area contributed by atoms with E-state index in [4.69, 9.17) is 38.2 Å². The summed E-state index contributed by atoms with van der Waals surface area (Å²) in [6.07, 6.45) is 3.55. The Morgan fingerprint density at radius 1 is 1.03 bits per heavy atom. The van der Waals surface area contributed by atoms with Crippen LogP contribution >= 0.6 is 22.9 Å². The minimum atomic E-state index is -0.455. The molecule has 2 aromatic heterocycles. The Hall–Kier alpha value is -3.88. The summed E-state index contributed by atoms with van der Waals surface area (Å²) < 4.78 is 8.73. The second kappa shape index (κ2) is 11.5. The number of primary amides is 1. The number of nitrogens with one attached hydrogen (secondary N) is 1. The van der Waals surface area contributed by atoms with Crippen LogP contribution in [0.1, 0.15) is 38.6 Å². The number of rotatable bonds is 11. The third-order valence-corrected chi connectivity index (χ3v) is 8.32. The maximum Gasteiger partial charge on any atom is 0.248 e. The second-order valence-electron chi connectivity index (χ2n) is 9.52. The molecule has 0 fully saturated rings. The van der Waals surface area contributed by atoms with Gasteiger partial charge < -0.3 is 20.8 Å². The van der Waals surface area contributed by atoms with Gasteiger partial charge in [0.25, 0.3) is 0 Å². The van der Waals surface area contributed by atoms with Crippen molar-refractivity contribution < 1.29 is 9.53 Å². The molecule has 0 bridgehead atoms. The molecule has 0 aliphatic carbocycles. The first-order valence-corrected chi connectivity index (χ1v) is 14.0. The summed E-state index contributed by atoms with van der Waals surface area (Å²) in [6, 6.07) is 19.5. The summed E-state index contributed by atoms with van der Waals surface area (Å²) in [4.78, 5) is 16.9. The monoisotopic (exact) mass is 559 g/mol. The van der Waals surface area contributed by atoms with Crippen molar-refractivity contribution in [2.24, 2.45) is 11.5 Å². The third-order valence-electron chi connectivity index (χ3n) is 6.97. The fourth-order valence-electron chi connectivity index (χ4n) is 5.02. The number of fused-ring (bicyclic) bond motifs is 2. The maximum absolute atomic E-state index is 12.1. The van der Waals surface area contributed by atoms with E-state index in [0.717, 1.165) is 57.6 Å². The highest BCUT2D eigenvalue weighted by Crippen LogP contribution is 2.32. The van der Waals surface area contributed by atoms with Gasteiger partial charge in [-0.05, 0) is 72.9 Å². The quantitative estimate of drug-likeness (QED) is 0.138. The number of amidine groups is 1. The first-order chi connectivity index (χ1) is 18.8. The highest BCUT2D eigenvalue weighted by molar-refractivity contribution is 7.18. The van der Waals surface area contributed by atoms with Crippen molar-refractivity contribution >= 4 is 55.8 Å². The normalized spacial score (nSPS) is 11.3. The van der Waals surface area contributed by atoms with Gasteiger partial charge in [0.1, 0.15) is 5.75 Å². The SMILES string of the molecule is COc1ccc2sc(CCc3c(CCc4ccc(Cl)cc4)c4cc(C(N)=O)ccc4n3CCC(=N)N)nc2c1. The molecule has 7 nitrogen and oxygen atoms in total. The van der Waals surface area contributed by atoms with Gasteiger partial charge in [0.05, 0.1) is 28.2 Å². The first-order valence-electron chi connectivity index (χ1n) is 12.8. The van der Waals surface area contributed by atoms with Crippen molar-refractivity contribution in [3.63, 3.8) is 0 Å². The summed E-state index contributed by atoms with van der Waals surface area (Å²) in [7, 11) is 1.66. The van der Waals surface area contributed by atoms with E-state index >= 15 is 0 Å². The van der Waals surface area contributed by atoms with Gasteiger partial charge in [0.2, 0.25) is 5.91 Å². The number of benzene rings is 3. The smallest absolute Gasteiger partial charge is 0.248 e. The average Bonchev–Trinajstić information content (AvgIpc) is 3.47. The highest BCUT2D eigenvalue weighted by atomic mass is 35.5. The van der Waals surface area contributed by atoms with Crippen molar-refractivity contribution in [2.45, 2.75) is 38.6 Å². The molecule has 3 aromatic carbocycles. The molecule has 0 aliphatic rings. The summed E-state index contributed by atoms with van der Waals surface area (Å²) in [5, 5.41) is 10.6. The fraction of sp³-hybridized carbons (Fsp3) is 0.233. The van der Waals surface area contributed by atoms with E-state index in [0.29, 0.717) is 23.6 Å². The lowest BCUT2D eigenvalue weighted by Gasteiger charge is -2.12. The second-order valence-corrected chi connectivity index (χ2v) is 11.1. The molecule has 0 saturated heterocycles. The maximum atomic E-state index is 12.1. The van der Waals surface area contributed by atoms with Crippen LogP contribution in [0, 0.1) is 5.41 Å². The summed E-state index contributed by atoms with van der Waals surface area (Å²) in [5.74, 6) is 0.473. The lowest BCUT2D eigenvalue weighted by Crippen LogP contribution is -2.15. The molecule has 9 heteroatoms. The van der Waals surface area contributed by atoms with Gasteiger partial charge >= 0.3 is 0 Å². The van der Waals surface area contributed by atoms with Crippen LogP contribution < -0.4 is 16.2 Å². The molecule has 2 heterocycles. The number of nitrogens with zero attached hydrogens (tertiary/aromatic N) is 2. The minimum absolute atomic E-state index is 0.138. The summed E-state index contributed by atoms with van der Waals surface area (Å²) >= 11 is 7.79. The number of aromatic nitrogens is 2. The zero-order chi connectivity index (χ0) is 27.5. The molecule has 0 spiro atoms. The Kier molecular flexibility index (Phi) is 7.86. The molecule has 0 aliphatic heterocycles. The van der Waals surface area contributed by atoms with Crippen molar-refractivity contribution in [1.82, 2.24) is 9.55 Å². The average molecular weight is 560 g/mol. The Labute approximate surface area is 235 Å². The van der Waals surface area contributed by atoms with Gasteiger partial charge in [-0.1, -0.05) is 23.7 Å². The van der Waals surface area contributed by atoms with Gasteiger partial charge in [0.15, 0.2) is 0 Å². The number of nitrogens with two attached hydrogens (primary N) is 2. The van der Waals surface area contributed by atoms with E-state index in [9.17, 15) is 4.79 Å². The number of halogens is 1. The predicted octanol–water partition coefficient (Wildman–Crippen LogP) is 5.91. The number of hydrogen-bond donors (Lipinski definition) is 3. The van der Waals surface area contributed by atoms with E-state index in [1.165, 1.54) is 16.8 Å². The largest absolute Gasteiger partial charge is 0.497 e. The molecule has 5 aromatic rings. The zero-order valence-corrected chi connectivity index (χ0v) is 23.2. The Bertz CT molecular complexity index is 1670. The van der Waals surface area contributed by atoms with Gasteiger partial charge in [-0.2, -0.15) is 0 Å². The van der Waals surface area contributed by atoms with E-state index in [1.54, 1.807) is 24.5 Å². The van der Waals surface area contributed by atoms with E-state index in [2.05, 4.69) is 4.57 Å². The molecule has 5 N–H and O–H groups in total. The number of carbonyl (C=O) groups is 1. The molecule has 0 atom stereocenters. The third kappa shape index (κ3) is 5.92. The Balaban J connectivity index is 1.55. The van der Waals surface area contributed by atoms with Crippen molar-refractivity contribution in [2.75, 3.05) is 7.11 Å². The number of hydrogen-bond acceptors (Lipinski definition) is 5. The summed E-state index contributed by atoms with van der Waals surface area (Å²) in [5.41, 5.74) is 17.4. The van der Waals surface area contributed by atoms with Crippen molar-refractivity contribution in [3.8, 4) is 5.75 Å². The van der Waals surface area contributed by atoms with Crippen LogP contribution in [0.2, 0.25) is 5.02 Å². The van der Waals surface area contributed by atoms with Crippen LogP contribution in [0.5, 0.6) is 5.75 Å². The van der Waals surface area contributed by atoms with Gasteiger partial charge in [-0.3, -0.25) is 10.2 Å². The number of carbonyl (C=O) groups excluding carboxylic acids is 1. The van der Waals surface area contributed by atoms with Gasteiger partial charge in [-0.15, -0.1) is 11.3 Å². The molecular weight excluding hydrogens is 530 g/mol. The van der Waals surface area contributed by atoms with E-state index in [-0.39, 0.29) is 5.84 Å². The standard InChI is InChI=1S/C30H30ClN5O2S/c1-38-21-8-12-27-24(17-21)35-29(39-27)13-11-25-22(9-4-18-2-6-20(31)7-3-18)23-16-19(30(34)37)5-10-26(23)36(25)15-14-28(32)33/h2-3,5-8,10,12,16-17H,4,9,11,13-15H2,1H3,(H3,32,33)(H2,34,37). The molecule has 0 saturated carbocycles.